The highest BCUT2D eigenvalue weighted by Crippen LogP contribution is 2.38. The average Bonchev–Trinajstić information content (AvgIpc) is 3.13. The Balaban J connectivity index is 1.33. The lowest BCUT2D eigenvalue weighted by Gasteiger charge is -2.37. The number of aromatic nitrogens is 3. The van der Waals surface area contributed by atoms with Crippen LogP contribution in [0.5, 0.6) is 0 Å². The van der Waals surface area contributed by atoms with Gasteiger partial charge in [0.2, 0.25) is 0 Å². The standard InChI is InChI=1S/C29H25F7N8O2/c1-15(41-22-11-38-14-40-26(45)23(22)29(34,35)36)3-2-5-43-6-4-17-7-19(21(30)8-18(17)27(43)46)24-39-10-20(28(31,32)33)25(42-24)44-12-16(9-37)13-44/h4,6-8,10-11,15-16,41H,2-3,5,12-14H2,1H3,(H,40,45)/t15-/m0/s1. The van der Waals surface area contributed by atoms with Crippen LogP contribution in [0.3, 0.4) is 0 Å². The number of anilines is 1. The predicted octanol–water partition coefficient (Wildman–Crippen LogP) is 4.31. The number of carbonyl (C=O) groups is 1. The Labute approximate surface area is 256 Å². The van der Waals surface area contributed by atoms with Crippen molar-refractivity contribution in [1.82, 2.24) is 25.2 Å². The Morgan fingerprint density at radius 3 is 2.57 bits per heavy atom. The number of rotatable bonds is 8. The van der Waals surface area contributed by atoms with Crippen molar-refractivity contribution in [3.63, 3.8) is 0 Å². The van der Waals surface area contributed by atoms with Crippen LogP contribution in [0.25, 0.3) is 22.2 Å². The number of halogens is 7. The number of amides is 1. The van der Waals surface area contributed by atoms with E-state index in [2.05, 4.69) is 25.6 Å². The first kappa shape index (κ1) is 32.4. The number of nitrogens with one attached hydrogen (secondary N) is 2. The quantitative estimate of drug-likeness (QED) is 0.348. The fourth-order valence-electron chi connectivity index (χ4n) is 5.16. The van der Waals surface area contributed by atoms with Crippen LogP contribution < -0.4 is 21.1 Å². The van der Waals surface area contributed by atoms with Gasteiger partial charge in [-0.2, -0.15) is 31.6 Å². The summed E-state index contributed by atoms with van der Waals surface area (Å²) in [7, 11) is 0. The van der Waals surface area contributed by atoms with Gasteiger partial charge in [-0.1, -0.05) is 0 Å². The summed E-state index contributed by atoms with van der Waals surface area (Å²) < 4.78 is 97.9. The SMILES string of the molecule is C[C@@H](CCCn1ccc2cc(-c3ncc(C(F)(F)F)c(N4CC(C#N)C4)n3)c(F)cc2c1=O)NC1=C(C(F)(F)F)C(=O)NCN=C1. The number of hydrogen-bond acceptors (Lipinski definition) is 8. The van der Waals surface area contributed by atoms with Crippen LogP contribution in [0, 0.1) is 23.1 Å². The Kier molecular flexibility index (Phi) is 8.74. The molecule has 4 heterocycles. The molecule has 0 unspecified atom stereocenters. The molecule has 17 heteroatoms. The van der Waals surface area contributed by atoms with Gasteiger partial charge < -0.3 is 20.1 Å². The topological polar surface area (TPSA) is 128 Å². The van der Waals surface area contributed by atoms with E-state index < -0.39 is 64.2 Å². The van der Waals surface area contributed by atoms with Gasteiger partial charge in [0.1, 0.15) is 29.4 Å². The van der Waals surface area contributed by atoms with E-state index >= 15 is 4.39 Å². The molecule has 1 aromatic carbocycles. The molecule has 2 aromatic heterocycles. The number of allylic oxidation sites excluding steroid dienone is 1. The summed E-state index contributed by atoms with van der Waals surface area (Å²) >= 11 is 0. The zero-order valence-electron chi connectivity index (χ0n) is 24.0. The lowest BCUT2D eigenvalue weighted by Crippen LogP contribution is -2.47. The third-order valence-corrected chi connectivity index (χ3v) is 7.51. The van der Waals surface area contributed by atoms with E-state index in [4.69, 9.17) is 5.26 Å². The Morgan fingerprint density at radius 2 is 1.89 bits per heavy atom. The summed E-state index contributed by atoms with van der Waals surface area (Å²) in [5.74, 6) is -3.49. The molecule has 1 amide bonds. The average molecular weight is 651 g/mol. The third kappa shape index (κ3) is 6.65. The summed E-state index contributed by atoms with van der Waals surface area (Å²) in [6, 6.07) is 5.15. The molecule has 0 radical (unpaired) electrons. The summed E-state index contributed by atoms with van der Waals surface area (Å²) in [6.07, 6.45) is -6.13. The monoisotopic (exact) mass is 650 g/mol. The van der Waals surface area contributed by atoms with Crippen molar-refractivity contribution in [2.45, 2.75) is 44.7 Å². The predicted molar refractivity (Wildman–Crippen MR) is 152 cm³/mol. The van der Waals surface area contributed by atoms with E-state index in [1.165, 1.54) is 27.8 Å². The van der Waals surface area contributed by atoms with Gasteiger partial charge in [0.15, 0.2) is 5.82 Å². The fourth-order valence-corrected chi connectivity index (χ4v) is 5.16. The molecule has 1 saturated heterocycles. The number of nitrogens with zero attached hydrogens (tertiary/aromatic N) is 6. The first-order valence-corrected chi connectivity index (χ1v) is 13.9. The Hall–Kier alpha value is -5.01. The minimum absolute atomic E-state index is 0.0117. The van der Waals surface area contributed by atoms with E-state index in [0.717, 1.165) is 12.3 Å². The van der Waals surface area contributed by atoms with Crippen molar-refractivity contribution in [1.29, 1.82) is 5.26 Å². The summed E-state index contributed by atoms with van der Waals surface area (Å²) in [5, 5.41) is 14.0. The molecule has 2 N–H and O–H groups in total. The van der Waals surface area contributed by atoms with Crippen molar-refractivity contribution in [3.8, 4) is 17.5 Å². The number of aryl methyl sites for hydroxylation is 1. The van der Waals surface area contributed by atoms with Crippen LogP contribution in [0.2, 0.25) is 0 Å². The number of pyridine rings is 1. The zero-order chi connectivity index (χ0) is 33.4. The van der Waals surface area contributed by atoms with Crippen LogP contribution in [-0.2, 0) is 17.5 Å². The smallest absolute Gasteiger partial charge is 0.381 e. The van der Waals surface area contributed by atoms with Crippen molar-refractivity contribution in [2.75, 3.05) is 24.7 Å². The Morgan fingerprint density at radius 1 is 1.15 bits per heavy atom. The Bertz CT molecular complexity index is 1840. The fraction of sp³-hybridized carbons (Fsp3) is 0.379. The van der Waals surface area contributed by atoms with E-state index in [1.807, 2.05) is 6.07 Å². The molecule has 3 aromatic rings. The van der Waals surface area contributed by atoms with Crippen LogP contribution in [0.15, 0.2) is 51.6 Å². The number of aliphatic imine (C=N–C) groups is 1. The number of carbonyl (C=O) groups excluding carboxylic acids is 1. The highest BCUT2D eigenvalue weighted by Gasteiger charge is 2.42. The second kappa shape index (κ2) is 12.4. The minimum atomic E-state index is -4.91. The molecule has 1 atom stereocenters. The maximum Gasteiger partial charge on any atom is 0.423 e. The molecule has 0 aliphatic carbocycles. The van der Waals surface area contributed by atoms with E-state index in [1.54, 1.807) is 6.92 Å². The number of benzene rings is 1. The second-order valence-corrected chi connectivity index (χ2v) is 10.8. The molecular formula is C29H25F7N8O2. The maximum absolute atomic E-state index is 15.3. The molecule has 5 rings (SSSR count). The van der Waals surface area contributed by atoms with Gasteiger partial charge in [0, 0.05) is 44.3 Å². The molecule has 2 aliphatic rings. The molecule has 2 aliphatic heterocycles. The molecule has 1 fully saturated rings. The molecule has 242 valence electrons. The van der Waals surface area contributed by atoms with Gasteiger partial charge in [-0.05, 0) is 43.4 Å². The molecule has 0 spiro atoms. The maximum atomic E-state index is 15.3. The summed E-state index contributed by atoms with van der Waals surface area (Å²) in [4.78, 5) is 37.8. The van der Waals surface area contributed by atoms with E-state index in [9.17, 15) is 35.9 Å². The molecular weight excluding hydrogens is 625 g/mol. The van der Waals surface area contributed by atoms with Gasteiger partial charge in [-0.3, -0.25) is 14.6 Å². The van der Waals surface area contributed by atoms with Gasteiger partial charge in [0.25, 0.3) is 11.5 Å². The largest absolute Gasteiger partial charge is 0.423 e. The van der Waals surface area contributed by atoms with Crippen LogP contribution in [0.4, 0.5) is 36.6 Å². The molecule has 0 bridgehead atoms. The highest BCUT2D eigenvalue weighted by molar-refractivity contribution is 6.01. The molecule has 0 saturated carbocycles. The number of hydrogen-bond donors (Lipinski definition) is 2. The van der Waals surface area contributed by atoms with Gasteiger partial charge in [0.05, 0.1) is 28.6 Å². The van der Waals surface area contributed by atoms with E-state index in [-0.39, 0.29) is 48.5 Å². The lowest BCUT2D eigenvalue weighted by atomic mass is 10.0. The normalized spacial score (nSPS) is 16.6. The minimum Gasteiger partial charge on any atom is -0.381 e. The lowest BCUT2D eigenvalue weighted by molar-refractivity contribution is -0.137. The van der Waals surface area contributed by atoms with Crippen LogP contribution in [-0.4, -0.2) is 58.6 Å². The van der Waals surface area contributed by atoms with Crippen LogP contribution >= 0.6 is 0 Å². The highest BCUT2D eigenvalue weighted by atomic mass is 19.4. The molecule has 10 nitrogen and oxygen atoms in total. The van der Waals surface area contributed by atoms with Gasteiger partial charge in [-0.15, -0.1) is 0 Å². The van der Waals surface area contributed by atoms with Crippen LogP contribution in [0.1, 0.15) is 25.3 Å². The van der Waals surface area contributed by atoms with Crippen molar-refractivity contribution in [2.24, 2.45) is 10.9 Å². The summed E-state index contributed by atoms with van der Waals surface area (Å²) in [6.45, 7) is 1.50. The summed E-state index contributed by atoms with van der Waals surface area (Å²) in [5.41, 5.74) is -3.76. The second-order valence-electron chi connectivity index (χ2n) is 10.8. The van der Waals surface area contributed by atoms with Crippen molar-refractivity contribution in [3.05, 3.63) is 63.6 Å². The first-order chi connectivity index (χ1) is 21.7. The number of alkyl halides is 6. The van der Waals surface area contributed by atoms with Crippen molar-refractivity contribution < 1.29 is 35.5 Å². The van der Waals surface area contributed by atoms with Crippen molar-refractivity contribution >= 4 is 28.7 Å². The van der Waals surface area contributed by atoms with Gasteiger partial charge in [-0.25, -0.2) is 14.4 Å². The zero-order valence-corrected chi connectivity index (χ0v) is 24.0. The molecule has 46 heavy (non-hydrogen) atoms. The number of fused-ring (bicyclic) bond motifs is 1. The van der Waals surface area contributed by atoms with Gasteiger partial charge >= 0.3 is 12.4 Å². The first-order valence-electron chi connectivity index (χ1n) is 13.9. The third-order valence-electron chi connectivity index (χ3n) is 7.51. The van der Waals surface area contributed by atoms with E-state index in [0.29, 0.717) is 19.0 Å². The number of nitriles is 1.